The van der Waals surface area contributed by atoms with E-state index >= 15 is 0 Å². The van der Waals surface area contributed by atoms with E-state index in [0.717, 1.165) is 25.0 Å². The summed E-state index contributed by atoms with van der Waals surface area (Å²) in [6.45, 7) is 5.93. The number of hydrogen-bond donors (Lipinski definition) is 0. The second kappa shape index (κ2) is 9.42. The summed E-state index contributed by atoms with van der Waals surface area (Å²) in [6, 6.07) is 11.8. The van der Waals surface area contributed by atoms with Crippen LogP contribution in [-0.2, 0) is 4.74 Å². The maximum atomic E-state index is 13.1. The fourth-order valence-electron chi connectivity index (χ4n) is 3.09. The number of carbonyl (C=O) groups excluding carboxylic acids is 1. The lowest BCUT2D eigenvalue weighted by atomic mass is 10.2. The summed E-state index contributed by atoms with van der Waals surface area (Å²) in [5, 5.41) is 0. The van der Waals surface area contributed by atoms with Crippen LogP contribution in [0.1, 0.15) is 54.5 Å². The van der Waals surface area contributed by atoms with Gasteiger partial charge in [-0.3, -0.25) is 4.79 Å². The quantitative estimate of drug-likeness (QED) is 0.746. The third-order valence-electron chi connectivity index (χ3n) is 4.58. The van der Waals surface area contributed by atoms with E-state index in [1.807, 2.05) is 61.2 Å². The first-order chi connectivity index (χ1) is 13.1. The molecule has 0 spiro atoms. The Morgan fingerprint density at radius 2 is 2.11 bits per heavy atom. The molecule has 0 unspecified atom stereocenters. The summed E-state index contributed by atoms with van der Waals surface area (Å²) in [4.78, 5) is 23.6. The van der Waals surface area contributed by atoms with Gasteiger partial charge in [-0.25, -0.2) is 9.97 Å². The molecule has 1 aromatic carbocycles. The molecule has 1 amide bonds. The van der Waals surface area contributed by atoms with E-state index < -0.39 is 0 Å². The Hall–Kier alpha value is -2.53. The number of nitrogens with zero attached hydrogens (tertiary/aromatic N) is 3. The number of rotatable bonds is 7. The van der Waals surface area contributed by atoms with Crippen molar-refractivity contribution < 1.29 is 9.53 Å². The minimum atomic E-state index is -0.0764. The molecule has 0 bridgehead atoms. The first-order valence-corrected chi connectivity index (χ1v) is 9.59. The van der Waals surface area contributed by atoms with Crippen LogP contribution in [0.15, 0.2) is 48.7 Å². The fourth-order valence-corrected chi connectivity index (χ4v) is 3.09. The molecule has 2 aromatic rings. The van der Waals surface area contributed by atoms with Crippen molar-refractivity contribution in [3.8, 4) is 0 Å². The van der Waals surface area contributed by atoms with Gasteiger partial charge in [0.05, 0.1) is 6.10 Å². The third kappa shape index (κ3) is 5.47. The zero-order valence-electron chi connectivity index (χ0n) is 16.0. The summed E-state index contributed by atoms with van der Waals surface area (Å²) < 4.78 is 5.75. The van der Waals surface area contributed by atoms with Crippen LogP contribution in [0.2, 0.25) is 0 Å². The summed E-state index contributed by atoms with van der Waals surface area (Å²) in [7, 11) is 0. The third-order valence-corrected chi connectivity index (χ3v) is 4.58. The Morgan fingerprint density at radius 3 is 2.81 bits per heavy atom. The van der Waals surface area contributed by atoms with Crippen molar-refractivity contribution in [3.63, 3.8) is 0 Å². The van der Waals surface area contributed by atoms with Gasteiger partial charge in [-0.05, 0) is 24.5 Å². The summed E-state index contributed by atoms with van der Waals surface area (Å²) in [5.74, 6) is 0.799. The van der Waals surface area contributed by atoms with Gasteiger partial charge in [0.2, 0.25) is 0 Å². The van der Waals surface area contributed by atoms with Gasteiger partial charge in [0.15, 0.2) is 0 Å². The van der Waals surface area contributed by atoms with Gasteiger partial charge in [0, 0.05) is 31.8 Å². The number of benzene rings is 1. The molecule has 5 nitrogen and oxygen atoms in total. The SMILES string of the molecule is CC(C)c1nccc(C(=O)N(C/C=C/c2ccccc2)C[C@@H]2CCCO2)n1. The van der Waals surface area contributed by atoms with Gasteiger partial charge in [-0.1, -0.05) is 56.3 Å². The first kappa shape index (κ1) is 19.2. The predicted molar refractivity (Wildman–Crippen MR) is 106 cm³/mol. The molecule has 5 heteroatoms. The predicted octanol–water partition coefficient (Wildman–Crippen LogP) is 3.93. The van der Waals surface area contributed by atoms with Crippen molar-refractivity contribution >= 4 is 12.0 Å². The van der Waals surface area contributed by atoms with Gasteiger partial charge >= 0.3 is 0 Å². The molecule has 1 saturated heterocycles. The minimum absolute atomic E-state index is 0.0764. The normalized spacial score (nSPS) is 16.9. The van der Waals surface area contributed by atoms with Crippen LogP contribution >= 0.6 is 0 Å². The van der Waals surface area contributed by atoms with E-state index in [1.165, 1.54) is 0 Å². The molecular formula is C22H27N3O2. The molecule has 1 aliphatic rings. The van der Waals surface area contributed by atoms with Crippen LogP contribution in [0.3, 0.4) is 0 Å². The van der Waals surface area contributed by atoms with Crippen LogP contribution in [0, 0.1) is 0 Å². The Morgan fingerprint density at radius 1 is 1.30 bits per heavy atom. The van der Waals surface area contributed by atoms with Crippen LogP contribution < -0.4 is 0 Å². The Balaban J connectivity index is 1.75. The summed E-state index contributed by atoms with van der Waals surface area (Å²) in [6.07, 6.45) is 7.87. The Labute approximate surface area is 161 Å². The van der Waals surface area contributed by atoms with E-state index in [2.05, 4.69) is 9.97 Å². The highest BCUT2D eigenvalue weighted by molar-refractivity contribution is 5.92. The zero-order chi connectivity index (χ0) is 19.1. The molecule has 0 radical (unpaired) electrons. The zero-order valence-corrected chi connectivity index (χ0v) is 16.0. The highest BCUT2D eigenvalue weighted by Crippen LogP contribution is 2.16. The molecular weight excluding hydrogens is 338 g/mol. The Bertz CT molecular complexity index is 768. The number of ether oxygens (including phenoxy) is 1. The van der Waals surface area contributed by atoms with E-state index in [0.29, 0.717) is 24.6 Å². The minimum Gasteiger partial charge on any atom is -0.376 e. The molecule has 1 fully saturated rings. The van der Waals surface area contributed by atoms with Gasteiger partial charge in [0.1, 0.15) is 11.5 Å². The number of carbonyl (C=O) groups is 1. The lowest BCUT2D eigenvalue weighted by molar-refractivity contribution is 0.0549. The second-order valence-electron chi connectivity index (χ2n) is 7.11. The van der Waals surface area contributed by atoms with Crippen molar-refractivity contribution in [1.29, 1.82) is 0 Å². The Kier molecular flexibility index (Phi) is 6.71. The average Bonchev–Trinajstić information content (AvgIpc) is 3.21. The van der Waals surface area contributed by atoms with Crippen molar-refractivity contribution in [2.24, 2.45) is 0 Å². The topological polar surface area (TPSA) is 55.3 Å². The fraction of sp³-hybridized carbons (Fsp3) is 0.409. The highest BCUT2D eigenvalue weighted by Gasteiger charge is 2.24. The van der Waals surface area contributed by atoms with Gasteiger partial charge in [0.25, 0.3) is 5.91 Å². The van der Waals surface area contributed by atoms with Gasteiger partial charge in [-0.15, -0.1) is 0 Å². The maximum absolute atomic E-state index is 13.1. The van der Waals surface area contributed by atoms with Crippen LogP contribution in [0.25, 0.3) is 6.08 Å². The van der Waals surface area contributed by atoms with Crippen molar-refractivity contribution in [1.82, 2.24) is 14.9 Å². The largest absolute Gasteiger partial charge is 0.376 e. The molecule has 0 N–H and O–H groups in total. The maximum Gasteiger partial charge on any atom is 0.272 e. The standard InChI is InChI=1S/C22H27N3O2/c1-17(2)21-23-13-12-20(24-21)22(26)25(16-19-11-7-15-27-19)14-6-10-18-8-4-3-5-9-18/h3-6,8-10,12-13,17,19H,7,11,14-16H2,1-2H3/b10-6+/t19-/m0/s1. The molecule has 3 rings (SSSR count). The molecule has 2 heterocycles. The number of aromatic nitrogens is 2. The summed E-state index contributed by atoms with van der Waals surface area (Å²) >= 11 is 0. The van der Waals surface area contributed by atoms with Crippen molar-refractivity contribution in [2.45, 2.75) is 38.7 Å². The molecule has 1 atom stereocenters. The van der Waals surface area contributed by atoms with Gasteiger partial charge < -0.3 is 9.64 Å². The van der Waals surface area contributed by atoms with Crippen LogP contribution in [0.4, 0.5) is 0 Å². The molecule has 1 aliphatic heterocycles. The first-order valence-electron chi connectivity index (χ1n) is 9.59. The molecule has 1 aromatic heterocycles. The lowest BCUT2D eigenvalue weighted by Gasteiger charge is -2.24. The van der Waals surface area contributed by atoms with Crippen LogP contribution in [0.5, 0.6) is 0 Å². The number of hydrogen-bond acceptors (Lipinski definition) is 4. The van der Waals surface area contributed by atoms with Crippen LogP contribution in [-0.4, -0.2) is 46.6 Å². The lowest BCUT2D eigenvalue weighted by Crippen LogP contribution is -2.38. The monoisotopic (exact) mass is 365 g/mol. The molecule has 142 valence electrons. The highest BCUT2D eigenvalue weighted by atomic mass is 16.5. The van der Waals surface area contributed by atoms with E-state index in [-0.39, 0.29) is 17.9 Å². The molecule has 0 aliphatic carbocycles. The average molecular weight is 365 g/mol. The van der Waals surface area contributed by atoms with E-state index in [4.69, 9.17) is 4.74 Å². The second-order valence-corrected chi connectivity index (χ2v) is 7.11. The van der Waals surface area contributed by atoms with Gasteiger partial charge in [-0.2, -0.15) is 0 Å². The molecule has 27 heavy (non-hydrogen) atoms. The molecule has 0 saturated carbocycles. The van der Waals surface area contributed by atoms with Crippen molar-refractivity contribution in [3.05, 3.63) is 65.8 Å². The van der Waals surface area contributed by atoms with E-state index in [1.54, 1.807) is 12.3 Å². The van der Waals surface area contributed by atoms with E-state index in [9.17, 15) is 4.79 Å². The number of amides is 1. The van der Waals surface area contributed by atoms with Crippen molar-refractivity contribution in [2.75, 3.05) is 19.7 Å². The smallest absolute Gasteiger partial charge is 0.272 e. The summed E-state index contributed by atoms with van der Waals surface area (Å²) in [5.41, 5.74) is 1.56.